The molecule has 0 radical (unpaired) electrons. The molecular weight excluding hydrogens is 507 g/mol. The lowest BCUT2D eigenvalue weighted by molar-refractivity contribution is -0.0457. The molecule has 1 aliphatic rings. The Morgan fingerprint density at radius 3 is 2.17 bits per heavy atom. The van der Waals surface area contributed by atoms with Crippen LogP contribution in [0, 0.1) is 0 Å². The fourth-order valence-corrected chi connectivity index (χ4v) is 6.84. The largest absolute Gasteiger partial charge is 0.415 e. The first-order chi connectivity index (χ1) is 16.5. The summed E-state index contributed by atoms with van der Waals surface area (Å²) in [6.45, 7) is 25.0. The lowest BCUT2D eigenvalue weighted by atomic mass is 10.1. The van der Waals surface area contributed by atoms with E-state index in [-0.39, 0.29) is 18.3 Å². The molecule has 0 amide bonds. The minimum absolute atomic E-state index is 0.237. The highest BCUT2D eigenvalue weighted by atomic mass is 28.4. The number of aromatic nitrogens is 4. The fraction of sp³-hybridized carbons (Fsp3) is 0.708. The van der Waals surface area contributed by atoms with Crippen molar-refractivity contribution < 1.29 is 18.0 Å². The third-order valence-electron chi connectivity index (χ3n) is 5.36. The van der Waals surface area contributed by atoms with Crippen LogP contribution in [0.15, 0.2) is 24.3 Å². The highest BCUT2D eigenvalue weighted by Crippen LogP contribution is 2.38. The van der Waals surface area contributed by atoms with Gasteiger partial charge in [0.2, 0.25) is 0 Å². The van der Waals surface area contributed by atoms with Gasteiger partial charge in [0.15, 0.2) is 48.2 Å². The van der Waals surface area contributed by atoms with Crippen LogP contribution in [0.1, 0.15) is 20.1 Å². The predicted octanol–water partition coefficient (Wildman–Crippen LogP) is 5.39. The van der Waals surface area contributed by atoms with Gasteiger partial charge >= 0.3 is 0 Å². The molecule has 3 rings (SSSR count). The molecular formula is C24H45N5O4Si3. The number of imidazole rings is 1. The van der Waals surface area contributed by atoms with E-state index < -0.39 is 31.2 Å². The Hall–Kier alpha value is -1.42. The van der Waals surface area contributed by atoms with E-state index in [0.29, 0.717) is 30.1 Å². The van der Waals surface area contributed by atoms with Crippen molar-refractivity contribution in [2.24, 2.45) is 0 Å². The summed E-state index contributed by atoms with van der Waals surface area (Å²) in [5, 5.41) is 3.35. The van der Waals surface area contributed by atoms with Gasteiger partial charge in [-0.05, 0) is 72.8 Å². The summed E-state index contributed by atoms with van der Waals surface area (Å²) in [5.41, 5.74) is 2.65. The molecule has 3 heterocycles. The molecule has 0 unspecified atom stereocenters. The van der Waals surface area contributed by atoms with Crippen LogP contribution in [0.25, 0.3) is 11.2 Å². The number of hydrogen-bond donors (Lipinski definition) is 1. The van der Waals surface area contributed by atoms with E-state index in [9.17, 15) is 0 Å². The maximum atomic E-state index is 6.78. The number of rotatable bonds is 11. The molecule has 0 spiro atoms. The van der Waals surface area contributed by atoms with Crippen molar-refractivity contribution in [1.82, 2.24) is 19.5 Å². The normalized spacial score (nSPS) is 23.3. The molecule has 202 valence electrons. The van der Waals surface area contributed by atoms with Crippen LogP contribution < -0.4 is 5.32 Å². The molecule has 36 heavy (non-hydrogen) atoms. The SMILES string of the molecule is CC(C)=CCNc1ncnc2c1ncn2[C@@H]1O[C@H](CO[Si](C)(C)C)[C@@H](O[Si](C)(C)C)[C@H]1O[Si](C)(C)C. The van der Waals surface area contributed by atoms with Gasteiger partial charge in [-0.2, -0.15) is 0 Å². The van der Waals surface area contributed by atoms with Crippen molar-refractivity contribution in [3.05, 3.63) is 24.3 Å². The Kier molecular flexibility index (Phi) is 9.01. The third-order valence-corrected chi connectivity index (χ3v) is 8.35. The van der Waals surface area contributed by atoms with Crippen molar-refractivity contribution in [1.29, 1.82) is 0 Å². The Morgan fingerprint density at radius 1 is 0.944 bits per heavy atom. The average Bonchev–Trinajstić information content (AvgIpc) is 3.26. The van der Waals surface area contributed by atoms with Crippen LogP contribution in [0.5, 0.6) is 0 Å². The summed E-state index contributed by atoms with van der Waals surface area (Å²) >= 11 is 0. The van der Waals surface area contributed by atoms with E-state index in [1.807, 2.05) is 4.57 Å². The minimum Gasteiger partial charge on any atom is -0.415 e. The molecule has 1 aliphatic heterocycles. The molecule has 2 aromatic rings. The Morgan fingerprint density at radius 2 is 1.58 bits per heavy atom. The molecule has 1 N–H and O–H groups in total. The summed E-state index contributed by atoms with van der Waals surface area (Å²) in [7, 11) is -5.62. The fourth-order valence-electron chi connectivity index (χ4n) is 4.00. The first-order valence-electron chi connectivity index (χ1n) is 12.7. The van der Waals surface area contributed by atoms with Gasteiger partial charge in [-0.15, -0.1) is 0 Å². The zero-order chi connectivity index (χ0) is 26.9. The van der Waals surface area contributed by atoms with Crippen molar-refractivity contribution in [2.75, 3.05) is 18.5 Å². The summed E-state index contributed by atoms with van der Waals surface area (Å²) in [5.74, 6) is 0.699. The van der Waals surface area contributed by atoms with Crippen molar-refractivity contribution in [2.45, 2.75) is 97.3 Å². The van der Waals surface area contributed by atoms with Gasteiger partial charge in [0.25, 0.3) is 0 Å². The quantitative estimate of drug-likeness (QED) is 0.293. The van der Waals surface area contributed by atoms with E-state index in [4.69, 9.17) is 18.0 Å². The first kappa shape index (κ1) is 29.1. The lowest BCUT2D eigenvalue weighted by Gasteiger charge is -2.34. The van der Waals surface area contributed by atoms with Gasteiger partial charge in [-0.3, -0.25) is 4.57 Å². The Labute approximate surface area is 219 Å². The van der Waals surface area contributed by atoms with Crippen molar-refractivity contribution in [3.63, 3.8) is 0 Å². The number of nitrogens with one attached hydrogen (secondary N) is 1. The third kappa shape index (κ3) is 8.04. The summed E-state index contributed by atoms with van der Waals surface area (Å²) < 4.78 is 28.5. The lowest BCUT2D eigenvalue weighted by Crippen LogP contribution is -2.48. The minimum atomic E-state index is -1.95. The number of nitrogens with zero attached hydrogens (tertiary/aromatic N) is 4. The van der Waals surface area contributed by atoms with Crippen molar-refractivity contribution >= 4 is 41.9 Å². The van der Waals surface area contributed by atoms with Gasteiger partial charge < -0.3 is 23.3 Å². The summed E-state index contributed by atoms with van der Waals surface area (Å²) in [4.78, 5) is 13.7. The molecule has 1 saturated heterocycles. The second-order valence-electron chi connectivity index (χ2n) is 12.6. The molecule has 1 fully saturated rings. The van der Waals surface area contributed by atoms with Gasteiger partial charge in [0.05, 0.1) is 12.9 Å². The molecule has 0 bridgehead atoms. The van der Waals surface area contributed by atoms with Crippen LogP contribution in [0.2, 0.25) is 58.9 Å². The maximum absolute atomic E-state index is 6.78. The second-order valence-corrected chi connectivity index (χ2v) is 26.0. The van der Waals surface area contributed by atoms with Crippen LogP contribution in [-0.2, 0) is 18.0 Å². The number of allylic oxidation sites excluding steroid dienone is 1. The van der Waals surface area contributed by atoms with Gasteiger partial charge in [0.1, 0.15) is 24.6 Å². The number of ether oxygens (including phenoxy) is 1. The number of hydrogen-bond acceptors (Lipinski definition) is 8. The average molecular weight is 552 g/mol. The molecule has 0 aliphatic carbocycles. The van der Waals surface area contributed by atoms with E-state index in [1.165, 1.54) is 5.57 Å². The van der Waals surface area contributed by atoms with E-state index in [1.54, 1.807) is 12.7 Å². The van der Waals surface area contributed by atoms with Crippen LogP contribution in [-0.4, -0.2) is 75.9 Å². The first-order valence-corrected chi connectivity index (χ1v) is 23.0. The highest BCUT2D eigenvalue weighted by molar-refractivity contribution is 6.70. The Bertz CT molecular complexity index is 1050. The summed E-state index contributed by atoms with van der Waals surface area (Å²) in [6.07, 6.45) is 4.25. The summed E-state index contributed by atoms with van der Waals surface area (Å²) in [6, 6.07) is 0. The zero-order valence-electron chi connectivity index (χ0n) is 23.9. The highest BCUT2D eigenvalue weighted by Gasteiger charge is 2.50. The predicted molar refractivity (Wildman–Crippen MR) is 153 cm³/mol. The number of anilines is 1. The molecule has 0 aromatic carbocycles. The van der Waals surface area contributed by atoms with Crippen LogP contribution in [0.4, 0.5) is 5.82 Å². The van der Waals surface area contributed by atoms with Gasteiger partial charge in [0, 0.05) is 6.54 Å². The van der Waals surface area contributed by atoms with Crippen LogP contribution in [0.3, 0.4) is 0 Å². The molecule has 4 atom stereocenters. The molecule has 9 nitrogen and oxygen atoms in total. The van der Waals surface area contributed by atoms with Crippen molar-refractivity contribution in [3.8, 4) is 0 Å². The molecule has 12 heteroatoms. The van der Waals surface area contributed by atoms with E-state index in [0.717, 1.165) is 0 Å². The van der Waals surface area contributed by atoms with Gasteiger partial charge in [-0.25, -0.2) is 15.0 Å². The van der Waals surface area contributed by atoms with E-state index in [2.05, 4.69) is 99.1 Å². The maximum Gasteiger partial charge on any atom is 0.184 e. The smallest absolute Gasteiger partial charge is 0.184 e. The topological polar surface area (TPSA) is 92.6 Å². The monoisotopic (exact) mass is 551 g/mol. The zero-order valence-corrected chi connectivity index (χ0v) is 26.9. The van der Waals surface area contributed by atoms with E-state index >= 15 is 0 Å². The van der Waals surface area contributed by atoms with Crippen LogP contribution >= 0.6 is 0 Å². The molecule has 2 aromatic heterocycles. The number of fused-ring (bicyclic) bond motifs is 1. The second kappa shape index (κ2) is 11.1. The Balaban J connectivity index is 2.01. The molecule has 0 saturated carbocycles. The van der Waals surface area contributed by atoms with Gasteiger partial charge in [-0.1, -0.05) is 11.6 Å². The standard InChI is InChI=1S/C24H45N5O4Si3/c1-17(2)12-13-25-22-19-23(27-15-26-22)29(16-28-19)24-21(33-36(9,10)11)20(32-35(6,7)8)18(31-24)14-30-34(3,4)5/h12,15-16,18,20-21,24H,13-14H2,1-11H3,(H,25,26,27)/t18-,20-,21-,24-/m1/s1.